The lowest BCUT2D eigenvalue weighted by molar-refractivity contribution is 0.630. The zero-order valence-corrected chi connectivity index (χ0v) is 9.72. The third-order valence-corrected chi connectivity index (χ3v) is 2.78. The molecule has 1 aromatic carbocycles. The van der Waals surface area contributed by atoms with E-state index >= 15 is 0 Å². The molecule has 0 fully saturated rings. The van der Waals surface area contributed by atoms with Crippen LogP contribution in [0, 0.1) is 19.7 Å². The van der Waals surface area contributed by atoms with Crippen LogP contribution in [-0.2, 0) is 0 Å². The first kappa shape index (κ1) is 11.0. The van der Waals surface area contributed by atoms with E-state index in [-0.39, 0.29) is 5.82 Å². The van der Waals surface area contributed by atoms with E-state index in [4.69, 9.17) is 11.6 Å². The maximum Gasteiger partial charge on any atom is 0.135 e. The molecule has 2 aromatic rings. The van der Waals surface area contributed by atoms with E-state index in [9.17, 15) is 4.39 Å². The van der Waals surface area contributed by atoms with Gasteiger partial charge in [0.25, 0.3) is 0 Å². The van der Waals surface area contributed by atoms with Crippen molar-refractivity contribution in [2.24, 2.45) is 0 Å². The monoisotopic (exact) mass is 236 g/mol. The second kappa shape index (κ2) is 4.18. The Labute approximate surface area is 98.1 Å². The minimum absolute atomic E-state index is 0.302. The second-order valence-electron chi connectivity index (χ2n) is 3.62. The molecule has 82 valence electrons. The van der Waals surface area contributed by atoms with Crippen LogP contribution in [-0.4, -0.2) is 9.97 Å². The molecule has 0 bridgehead atoms. The Morgan fingerprint density at radius 2 is 1.94 bits per heavy atom. The molecule has 0 amide bonds. The molecular weight excluding hydrogens is 227 g/mol. The number of rotatable bonds is 1. The molecule has 0 saturated heterocycles. The SMILES string of the molecule is Cc1ccc(F)c(-c2ncnc(Cl)c2C)c1. The maximum atomic E-state index is 13.7. The molecule has 0 radical (unpaired) electrons. The van der Waals surface area contributed by atoms with E-state index in [1.807, 2.05) is 6.92 Å². The molecule has 0 N–H and O–H groups in total. The predicted molar refractivity (Wildman–Crippen MR) is 61.9 cm³/mol. The number of benzene rings is 1. The van der Waals surface area contributed by atoms with Gasteiger partial charge in [-0.2, -0.15) is 0 Å². The summed E-state index contributed by atoms with van der Waals surface area (Å²) >= 11 is 5.88. The fourth-order valence-corrected chi connectivity index (χ4v) is 1.65. The summed E-state index contributed by atoms with van der Waals surface area (Å²) < 4.78 is 13.7. The number of aromatic nitrogens is 2. The van der Waals surface area contributed by atoms with Gasteiger partial charge in [0.1, 0.15) is 17.3 Å². The van der Waals surface area contributed by atoms with E-state index in [0.29, 0.717) is 22.0 Å². The Morgan fingerprint density at radius 1 is 1.19 bits per heavy atom. The summed E-state index contributed by atoms with van der Waals surface area (Å²) in [5, 5.41) is 0.353. The van der Waals surface area contributed by atoms with Crippen molar-refractivity contribution in [3.8, 4) is 11.3 Å². The van der Waals surface area contributed by atoms with E-state index in [0.717, 1.165) is 5.56 Å². The fraction of sp³-hybridized carbons (Fsp3) is 0.167. The van der Waals surface area contributed by atoms with E-state index < -0.39 is 0 Å². The van der Waals surface area contributed by atoms with Crippen molar-refractivity contribution < 1.29 is 4.39 Å². The largest absolute Gasteiger partial charge is 0.236 e. The normalized spacial score (nSPS) is 10.5. The van der Waals surface area contributed by atoms with Gasteiger partial charge in [-0.15, -0.1) is 0 Å². The molecule has 0 saturated carbocycles. The lowest BCUT2D eigenvalue weighted by Gasteiger charge is -2.07. The summed E-state index contributed by atoms with van der Waals surface area (Å²) in [5.41, 5.74) is 2.67. The number of hydrogen-bond donors (Lipinski definition) is 0. The van der Waals surface area contributed by atoms with Crippen LogP contribution in [0.1, 0.15) is 11.1 Å². The van der Waals surface area contributed by atoms with Gasteiger partial charge in [-0.1, -0.05) is 23.2 Å². The Kier molecular flexibility index (Phi) is 2.88. The summed E-state index contributed by atoms with van der Waals surface area (Å²) in [4.78, 5) is 7.92. The Balaban J connectivity index is 2.67. The standard InChI is InChI=1S/C12H10ClFN2/c1-7-3-4-10(14)9(5-7)11-8(2)12(13)16-6-15-11/h3-6H,1-2H3. The van der Waals surface area contributed by atoms with E-state index in [1.165, 1.54) is 12.4 Å². The third-order valence-electron chi connectivity index (χ3n) is 2.40. The Morgan fingerprint density at radius 3 is 2.69 bits per heavy atom. The van der Waals surface area contributed by atoms with Crippen molar-refractivity contribution in [2.45, 2.75) is 13.8 Å². The number of halogens is 2. The average molecular weight is 237 g/mol. The Bertz CT molecular complexity index is 541. The summed E-state index contributed by atoms with van der Waals surface area (Å²) in [5.74, 6) is -0.302. The van der Waals surface area contributed by atoms with Crippen molar-refractivity contribution >= 4 is 11.6 Å². The van der Waals surface area contributed by atoms with Gasteiger partial charge in [0, 0.05) is 11.1 Å². The average Bonchev–Trinajstić information content (AvgIpc) is 2.26. The third kappa shape index (κ3) is 1.91. The quantitative estimate of drug-likeness (QED) is 0.708. The van der Waals surface area contributed by atoms with Crippen LogP contribution in [0.2, 0.25) is 5.15 Å². The van der Waals surface area contributed by atoms with Crippen LogP contribution in [0.15, 0.2) is 24.5 Å². The molecule has 2 nitrogen and oxygen atoms in total. The fourth-order valence-electron chi connectivity index (χ4n) is 1.52. The highest BCUT2D eigenvalue weighted by molar-refractivity contribution is 6.30. The van der Waals surface area contributed by atoms with Crippen molar-refractivity contribution in [3.05, 3.63) is 46.6 Å². The van der Waals surface area contributed by atoms with E-state index in [2.05, 4.69) is 9.97 Å². The van der Waals surface area contributed by atoms with Crippen molar-refractivity contribution in [1.82, 2.24) is 9.97 Å². The van der Waals surface area contributed by atoms with Crippen molar-refractivity contribution in [2.75, 3.05) is 0 Å². The highest BCUT2D eigenvalue weighted by Gasteiger charge is 2.11. The molecule has 2 rings (SSSR count). The van der Waals surface area contributed by atoms with Gasteiger partial charge in [0.2, 0.25) is 0 Å². The summed E-state index contributed by atoms with van der Waals surface area (Å²) in [6.07, 6.45) is 1.34. The highest BCUT2D eigenvalue weighted by Crippen LogP contribution is 2.27. The summed E-state index contributed by atoms with van der Waals surface area (Å²) in [6.45, 7) is 3.68. The molecule has 0 unspecified atom stereocenters. The van der Waals surface area contributed by atoms with Crippen LogP contribution < -0.4 is 0 Å². The zero-order chi connectivity index (χ0) is 11.7. The van der Waals surface area contributed by atoms with E-state index in [1.54, 1.807) is 19.1 Å². The lowest BCUT2D eigenvalue weighted by atomic mass is 10.1. The first-order chi connectivity index (χ1) is 7.59. The molecule has 4 heteroatoms. The molecule has 0 atom stereocenters. The molecule has 0 aliphatic heterocycles. The van der Waals surface area contributed by atoms with Crippen molar-refractivity contribution in [3.63, 3.8) is 0 Å². The highest BCUT2D eigenvalue weighted by atomic mass is 35.5. The van der Waals surface area contributed by atoms with Gasteiger partial charge >= 0.3 is 0 Å². The van der Waals surface area contributed by atoms with Crippen LogP contribution in [0.25, 0.3) is 11.3 Å². The van der Waals surface area contributed by atoms with Gasteiger partial charge in [0.15, 0.2) is 0 Å². The molecule has 16 heavy (non-hydrogen) atoms. The molecule has 1 aromatic heterocycles. The maximum absolute atomic E-state index is 13.7. The number of hydrogen-bond acceptors (Lipinski definition) is 2. The first-order valence-electron chi connectivity index (χ1n) is 4.83. The van der Waals surface area contributed by atoms with Gasteiger partial charge in [-0.05, 0) is 26.0 Å². The van der Waals surface area contributed by atoms with Gasteiger partial charge in [0.05, 0.1) is 5.69 Å². The number of aryl methyl sites for hydroxylation is 1. The van der Waals surface area contributed by atoms with Gasteiger partial charge in [-0.25, -0.2) is 14.4 Å². The second-order valence-corrected chi connectivity index (χ2v) is 3.98. The topological polar surface area (TPSA) is 25.8 Å². The lowest BCUT2D eigenvalue weighted by Crippen LogP contribution is -1.94. The molecular formula is C12H10ClFN2. The van der Waals surface area contributed by atoms with Gasteiger partial charge in [-0.3, -0.25) is 0 Å². The summed E-state index contributed by atoms with van der Waals surface area (Å²) in [6, 6.07) is 4.90. The first-order valence-corrected chi connectivity index (χ1v) is 5.21. The molecule has 0 spiro atoms. The Hall–Kier alpha value is -1.48. The predicted octanol–water partition coefficient (Wildman–Crippen LogP) is 3.55. The number of nitrogens with zero attached hydrogens (tertiary/aromatic N) is 2. The smallest absolute Gasteiger partial charge is 0.135 e. The molecule has 0 aliphatic rings. The summed E-state index contributed by atoms with van der Waals surface area (Å²) in [7, 11) is 0. The van der Waals surface area contributed by atoms with Crippen LogP contribution in [0.3, 0.4) is 0 Å². The minimum Gasteiger partial charge on any atom is -0.236 e. The minimum atomic E-state index is -0.302. The molecule has 0 aliphatic carbocycles. The van der Waals surface area contributed by atoms with Crippen LogP contribution in [0.4, 0.5) is 4.39 Å². The van der Waals surface area contributed by atoms with Crippen molar-refractivity contribution in [1.29, 1.82) is 0 Å². The zero-order valence-electron chi connectivity index (χ0n) is 8.96. The van der Waals surface area contributed by atoms with Crippen LogP contribution >= 0.6 is 11.6 Å². The molecule has 1 heterocycles. The van der Waals surface area contributed by atoms with Gasteiger partial charge < -0.3 is 0 Å². The van der Waals surface area contributed by atoms with Crippen LogP contribution in [0.5, 0.6) is 0 Å².